The molecule has 2 N–H and O–H groups in total. The molecule has 0 bridgehead atoms. The van der Waals surface area contributed by atoms with Gasteiger partial charge in [-0.25, -0.2) is 0 Å². The van der Waals surface area contributed by atoms with Gasteiger partial charge in [0.05, 0.1) is 0 Å². The fourth-order valence-electron chi connectivity index (χ4n) is 1.88. The minimum atomic E-state index is -0.112. The van der Waals surface area contributed by atoms with E-state index in [0.29, 0.717) is 0 Å². The summed E-state index contributed by atoms with van der Waals surface area (Å²) in [6, 6.07) is 20.1. The lowest BCUT2D eigenvalue weighted by atomic mass is 10.00. The van der Waals surface area contributed by atoms with Gasteiger partial charge < -0.3 is 5.73 Å². The molecule has 0 aliphatic heterocycles. The molecule has 2 aromatic rings. The molecule has 18 heavy (non-hydrogen) atoms. The molecule has 0 amide bonds. The highest BCUT2D eigenvalue weighted by Crippen LogP contribution is 2.20. The summed E-state index contributed by atoms with van der Waals surface area (Å²) in [5.74, 6) is 0. The van der Waals surface area contributed by atoms with E-state index < -0.39 is 0 Å². The van der Waals surface area contributed by atoms with Crippen LogP contribution >= 0.6 is 0 Å². The summed E-state index contributed by atoms with van der Waals surface area (Å²) in [6.07, 6.45) is 3.88. The minimum Gasteiger partial charge on any atom is -0.321 e. The smallest absolute Gasteiger partial charge is 0.0490 e. The quantitative estimate of drug-likeness (QED) is 0.798. The molecule has 2 rings (SSSR count). The van der Waals surface area contributed by atoms with Crippen molar-refractivity contribution >= 4 is 5.57 Å². The Balaban J connectivity index is 2.28. The van der Waals surface area contributed by atoms with Crippen molar-refractivity contribution < 1.29 is 0 Å². The van der Waals surface area contributed by atoms with E-state index in [0.717, 1.165) is 16.7 Å². The Morgan fingerprint density at radius 2 is 1.50 bits per heavy atom. The van der Waals surface area contributed by atoms with Gasteiger partial charge in [0, 0.05) is 6.04 Å². The predicted molar refractivity (Wildman–Crippen MR) is 78.0 cm³/mol. The van der Waals surface area contributed by atoms with Crippen LogP contribution in [0.2, 0.25) is 0 Å². The molecule has 0 radical (unpaired) electrons. The average Bonchev–Trinajstić information content (AvgIpc) is 2.46. The molecule has 0 heterocycles. The van der Waals surface area contributed by atoms with Crippen LogP contribution in [0.1, 0.15) is 17.2 Å². The zero-order chi connectivity index (χ0) is 12.8. The van der Waals surface area contributed by atoms with Crippen molar-refractivity contribution in [2.75, 3.05) is 0 Å². The summed E-state index contributed by atoms with van der Waals surface area (Å²) >= 11 is 0. The lowest BCUT2D eigenvalue weighted by Gasteiger charge is -2.09. The molecule has 1 heteroatoms. The molecule has 1 atom stereocenters. The third kappa shape index (κ3) is 2.96. The highest BCUT2D eigenvalue weighted by atomic mass is 14.6. The lowest BCUT2D eigenvalue weighted by Crippen LogP contribution is -2.07. The monoisotopic (exact) mass is 235 g/mol. The molecule has 90 valence electrons. The summed E-state index contributed by atoms with van der Waals surface area (Å²) in [4.78, 5) is 0. The van der Waals surface area contributed by atoms with E-state index in [1.165, 1.54) is 0 Å². The van der Waals surface area contributed by atoms with Gasteiger partial charge in [-0.2, -0.15) is 0 Å². The van der Waals surface area contributed by atoms with E-state index >= 15 is 0 Å². The fraction of sp³-hybridized carbons (Fsp3) is 0.0588. The van der Waals surface area contributed by atoms with Crippen LogP contribution in [0.5, 0.6) is 0 Å². The van der Waals surface area contributed by atoms with Crippen LogP contribution in [0.3, 0.4) is 0 Å². The van der Waals surface area contributed by atoms with Crippen LogP contribution in [-0.4, -0.2) is 0 Å². The largest absolute Gasteiger partial charge is 0.321 e. The van der Waals surface area contributed by atoms with Gasteiger partial charge >= 0.3 is 0 Å². The SMILES string of the molecule is C=C/C(=C\C(N)c1ccccc1)c1ccccc1. The fourth-order valence-corrected chi connectivity index (χ4v) is 1.88. The summed E-state index contributed by atoms with van der Waals surface area (Å²) in [6.45, 7) is 3.86. The first-order valence-corrected chi connectivity index (χ1v) is 6.01. The Kier molecular flexibility index (Phi) is 4.11. The maximum absolute atomic E-state index is 6.18. The van der Waals surface area contributed by atoms with Gasteiger partial charge in [0.2, 0.25) is 0 Å². The summed E-state index contributed by atoms with van der Waals surface area (Å²) in [5.41, 5.74) is 9.49. The second-order valence-corrected chi connectivity index (χ2v) is 4.13. The van der Waals surface area contributed by atoms with Gasteiger partial charge in [-0.3, -0.25) is 0 Å². The van der Waals surface area contributed by atoms with Crippen molar-refractivity contribution in [3.05, 3.63) is 90.5 Å². The maximum Gasteiger partial charge on any atom is 0.0490 e. The second-order valence-electron chi connectivity index (χ2n) is 4.13. The van der Waals surface area contributed by atoms with E-state index in [-0.39, 0.29) is 6.04 Å². The molecule has 2 aromatic carbocycles. The molecule has 0 fully saturated rings. The van der Waals surface area contributed by atoms with Gasteiger partial charge in [0.1, 0.15) is 0 Å². The average molecular weight is 235 g/mol. The van der Waals surface area contributed by atoms with Gasteiger partial charge in [0.15, 0.2) is 0 Å². The van der Waals surface area contributed by atoms with Crippen molar-refractivity contribution in [1.82, 2.24) is 0 Å². The molecule has 0 aromatic heterocycles. The highest BCUT2D eigenvalue weighted by molar-refractivity contribution is 5.74. The zero-order valence-electron chi connectivity index (χ0n) is 10.3. The minimum absolute atomic E-state index is 0.112. The molecule has 0 saturated carbocycles. The van der Waals surface area contributed by atoms with Gasteiger partial charge in [-0.15, -0.1) is 0 Å². The standard InChI is InChI=1S/C17H17N/c1-2-14(15-9-5-3-6-10-15)13-17(18)16-11-7-4-8-12-16/h2-13,17H,1,18H2/b14-13+. The third-order valence-corrected chi connectivity index (χ3v) is 2.87. The Bertz CT molecular complexity index is 526. The number of benzene rings is 2. The first-order valence-electron chi connectivity index (χ1n) is 6.01. The number of nitrogens with two attached hydrogens (primary N) is 1. The van der Waals surface area contributed by atoms with Gasteiger partial charge in [-0.1, -0.05) is 79.4 Å². The van der Waals surface area contributed by atoms with E-state index in [1.807, 2.05) is 60.7 Å². The predicted octanol–water partition coefficient (Wildman–Crippen LogP) is 3.96. The lowest BCUT2D eigenvalue weighted by molar-refractivity contribution is 0.914. The molecular formula is C17H17N. The third-order valence-electron chi connectivity index (χ3n) is 2.87. The maximum atomic E-state index is 6.18. The normalized spacial score (nSPS) is 13.1. The number of hydrogen-bond donors (Lipinski definition) is 1. The van der Waals surface area contributed by atoms with E-state index in [9.17, 15) is 0 Å². The summed E-state index contributed by atoms with van der Waals surface area (Å²) in [5, 5.41) is 0. The van der Waals surface area contributed by atoms with Crippen LogP contribution in [0.4, 0.5) is 0 Å². The number of hydrogen-bond acceptors (Lipinski definition) is 1. The summed E-state index contributed by atoms with van der Waals surface area (Å²) < 4.78 is 0. The number of allylic oxidation sites excluding steroid dienone is 2. The molecular weight excluding hydrogens is 218 g/mol. The van der Waals surface area contributed by atoms with Gasteiger partial charge in [-0.05, 0) is 16.7 Å². The van der Waals surface area contributed by atoms with Crippen molar-refractivity contribution in [3.63, 3.8) is 0 Å². The summed E-state index contributed by atoms with van der Waals surface area (Å²) in [7, 11) is 0. The van der Waals surface area contributed by atoms with Gasteiger partial charge in [0.25, 0.3) is 0 Å². The number of rotatable bonds is 4. The van der Waals surface area contributed by atoms with Crippen molar-refractivity contribution in [2.45, 2.75) is 6.04 Å². The Morgan fingerprint density at radius 1 is 0.944 bits per heavy atom. The van der Waals surface area contributed by atoms with Crippen LogP contribution in [0.15, 0.2) is 79.4 Å². The topological polar surface area (TPSA) is 26.0 Å². The highest BCUT2D eigenvalue weighted by Gasteiger charge is 2.04. The van der Waals surface area contributed by atoms with Crippen molar-refractivity contribution in [1.29, 1.82) is 0 Å². The Hall–Kier alpha value is -2.12. The first kappa shape index (κ1) is 12.3. The van der Waals surface area contributed by atoms with Crippen LogP contribution in [-0.2, 0) is 0 Å². The molecule has 0 spiro atoms. The van der Waals surface area contributed by atoms with Crippen LogP contribution in [0.25, 0.3) is 5.57 Å². The van der Waals surface area contributed by atoms with E-state index in [4.69, 9.17) is 5.73 Å². The van der Waals surface area contributed by atoms with Crippen LogP contribution in [0, 0.1) is 0 Å². The molecule has 0 saturated heterocycles. The molecule has 0 aliphatic carbocycles. The van der Waals surface area contributed by atoms with Crippen LogP contribution < -0.4 is 5.73 Å². The second kappa shape index (κ2) is 5.99. The molecule has 1 unspecified atom stereocenters. The van der Waals surface area contributed by atoms with Crippen molar-refractivity contribution in [3.8, 4) is 0 Å². The molecule has 1 nitrogen and oxygen atoms in total. The molecule has 0 aliphatic rings. The Labute approximate surface area is 108 Å². The van der Waals surface area contributed by atoms with Crippen molar-refractivity contribution in [2.24, 2.45) is 5.73 Å². The Morgan fingerprint density at radius 3 is 2.06 bits per heavy atom. The zero-order valence-corrected chi connectivity index (χ0v) is 10.3. The van der Waals surface area contributed by atoms with E-state index in [2.05, 4.69) is 18.7 Å². The first-order chi connectivity index (χ1) is 8.81. The van der Waals surface area contributed by atoms with E-state index in [1.54, 1.807) is 0 Å².